The molecule has 0 saturated heterocycles. The normalized spacial score (nSPS) is 13.0. The maximum Gasteiger partial charge on any atom is 0.162 e. The quantitative estimate of drug-likeness (QED) is 0.0957. The summed E-state index contributed by atoms with van der Waals surface area (Å²) in [6.45, 7) is 0. The number of hydrogen-bond acceptors (Lipinski definition) is 0. The fourth-order valence-electron chi connectivity index (χ4n) is 6.92. The van der Waals surface area contributed by atoms with Crippen molar-refractivity contribution < 1.29 is 0 Å². The average molecular weight is 787 g/mol. The molecule has 0 aromatic heterocycles. The Hall–Kier alpha value is -3.64. The molecule has 2 unspecified atom stereocenters. The highest BCUT2D eigenvalue weighted by molar-refractivity contribution is 9.11. The highest BCUT2D eigenvalue weighted by atomic mass is 79.9. The van der Waals surface area contributed by atoms with Gasteiger partial charge in [-0.2, -0.15) is 0 Å². The van der Waals surface area contributed by atoms with Gasteiger partial charge in [-0.25, -0.2) is 0 Å². The fraction of sp³-hybridized carbons (Fsp3) is 0.0455. The molecule has 0 saturated carbocycles. The average Bonchev–Trinajstić information content (AvgIpc) is 3.18. The van der Waals surface area contributed by atoms with E-state index in [2.05, 4.69) is 238 Å². The molecular weight excluding hydrogens is 750 g/mol. The summed E-state index contributed by atoms with van der Waals surface area (Å²) < 4.78 is 0.133. The van der Waals surface area contributed by atoms with Gasteiger partial charge in [0.15, 0.2) is 9.14 Å². The van der Waals surface area contributed by atoms with Gasteiger partial charge in [0.05, 0.1) is 0 Å². The monoisotopic (exact) mass is 784 g/mol. The van der Waals surface area contributed by atoms with Gasteiger partial charge in [0.25, 0.3) is 0 Å². The first-order chi connectivity index (χ1) is 23.7. The number of halogens is 2. The van der Waals surface area contributed by atoms with Crippen molar-refractivity contribution in [2.75, 3.05) is 0 Å². The minimum atomic E-state index is -2.17. The smallest absolute Gasteiger partial charge is 0.0620 e. The summed E-state index contributed by atoms with van der Waals surface area (Å²) in [4.78, 5) is 0. The summed E-state index contributed by atoms with van der Waals surface area (Å²) in [7, 11) is -4.34. The first-order valence-corrected chi connectivity index (χ1v) is 21.7. The van der Waals surface area contributed by atoms with Gasteiger partial charge >= 0.3 is 0 Å². The molecule has 0 radical (unpaired) electrons. The molecule has 4 heteroatoms. The summed E-state index contributed by atoms with van der Waals surface area (Å²) in [5.41, 5.74) is 2.54. The van der Waals surface area contributed by atoms with E-state index >= 15 is 0 Å². The van der Waals surface area contributed by atoms with Crippen LogP contribution in [0.5, 0.6) is 0 Å². The van der Waals surface area contributed by atoms with E-state index in [9.17, 15) is 0 Å². The van der Waals surface area contributed by atoms with Crippen molar-refractivity contribution in [2.45, 2.75) is 9.14 Å². The molecule has 0 aliphatic carbocycles. The number of benzene rings is 7. The zero-order chi connectivity index (χ0) is 32.8. The minimum absolute atomic E-state index is 0.0666. The Balaban J connectivity index is 1.39. The van der Waals surface area contributed by atoms with Crippen LogP contribution < -0.4 is 31.8 Å². The van der Waals surface area contributed by atoms with Crippen molar-refractivity contribution in [3.05, 3.63) is 217 Å². The van der Waals surface area contributed by atoms with Gasteiger partial charge in [-0.1, -0.05) is 133 Å². The lowest BCUT2D eigenvalue weighted by Gasteiger charge is -2.33. The van der Waals surface area contributed by atoms with Crippen LogP contribution in [0.2, 0.25) is 0 Å². The molecule has 48 heavy (non-hydrogen) atoms. The second-order valence-electron chi connectivity index (χ2n) is 11.8. The molecule has 2 atom stereocenters. The van der Waals surface area contributed by atoms with E-state index in [0.29, 0.717) is 0 Å². The lowest BCUT2D eigenvalue weighted by molar-refractivity contribution is 1.31. The van der Waals surface area contributed by atoms with E-state index in [0.717, 1.165) is 0 Å². The van der Waals surface area contributed by atoms with Gasteiger partial charge in [0, 0.05) is 11.1 Å². The Morgan fingerprint density at radius 1 is 0.250 bits per heavy atom. The molecule has 0 N–H and O–H groups in total. The molecule has 7 aromatic carbocycles. The predicted molar refractivity (Wildman–Crippen MR) is 220 cm³/mol. The van der Waals surface area contributed by atoms with Crippen LogP contribution in [0.4, 0.5) is 0 Å². The molecule has 7 rings (SSSR count). The maximum absolute atomic E-state index is 4.38. The third-order valence-electron chi connectivity index (χ3n) is 9.15. The fourth-order valence-corrected chi connectivity index (χ4v) is 20.2. The molecule has 0 aliphatic heterocycles. The minimum Gasteiger partial charge on any atom is -0.0620 e. The molecule has 0 fully saturated rings. The molecule has 0 aliphatic rings. The molecule has 7 aromatic rings. The van der Waals surface area contributed by atoms with E-state index in [1.807, 2.05) is 0 Å². The molecule has 0 bridgehead atoms. The van der Waals surface area contributed by atoms with Gasteiger partial charge in [0.2, 0.25) is 0 Å². The van der Waals surface area contributed by atoms with E-state index in [1.165, 1.54) is 43.0 Å². The van der Waals surface area contributed by atoms with Crippen LogP contribution in [-0.4, -0.2) is 0 Å². The van der Waals surface area contributed by atoms with Gasteiger partial charge in [-0.3, -0.25) is 0 Å². The Labute approximate surface area is 302 Å². The lowest BCUT2D eigenvalue weighted by Crippen LogP contribution is -2.34. The van der Waals surface area contributed by atoms with Crippen LogP contribution in [0.3, 0.4) is 0 Å². The Bertz CT molecular complexity index is 1680. The first kappa shape index (κ1) is 32.9. The topological polar surface area (TPSA) is 0 Å². The van der Waals surface area contributed by atoms with Crippen molar-refractivity contribution in [1.82, 2.24) is 0 Å². The summed E-state index contributed by atoms with van der Waals surface area (Å²) in [6.07, 6.45) is 0. The van der Waals surface area contributed by atoms with Crippen LogP contribution in [0, 0.1) is 0 Å². The van der Waals surface area contributed by atoms with Gasteiger partial charge in [-0.05, 0) is 105 Å². The van der Waals surface area contributed by atoms with Crippen LogP contribution in [0.25, 0.3) is 0 Å². The standard InChI is InChI=1S/C44H36Br2P2/c45-43(47(37-19-7-1-8-20-37,38-21-9-2-10-22-38)39-23-11-3-12-24-39)35-31-33-36(34-32-35)44(46)48(40-25-13-4-14-26-40,41-27-15-5-16-28-41)42-29-17-6-18-30-42/h1-34,43-44H/q+2. The molecule has 0 amide bonds. The second kappa shape index (κ2) is 14.9. The van der Waals surface area contributed by atoms with Crippen molar-refractivity contribution in [1.29, 1.82) is 0 Å². The maximum atomic E-state index is 4.38. The zero-order valence-corrected chi connectivity index (χ0v) is 31.4. The largest absolute Gasteiger partial charge is 0.162 e. The third kappa shape index (κ3) is 5.95. The highest BCUT2D eigenvalue weighted by Gasteiger charge is 2.54. The number of rotatable bonds is 10. The molecular formula is C44H36Br2P2+2. The first-order valence-electron chi connectivity index (χ1n) is 16.2. The van der Waals surface area contributed by atoms with E-state index in [1.54, 1.807) is 0 Å². The van der Waals surface area contributed by atoms with Gasteiger partial charge < -0.3 is 0 Å². The van der Waals surface area contributed by atoms with Crippen molar-refractivity contribution in [3.63, 3.8) is 0 Å². The Kier molecular flexibility index (Phi) is 10.2. The zero-order valence-electron chi connectivity index (χ0n) is 26.4. The summed E-state index contributed by atoms with van der Waals surface area (Å²) in [5.74, 6) is 0. The molecule has 0 spiro atoms. The van der Waals surface area contributed by atoms with Crippen LogP contribution >= 0.6 is 46.4 Å². The molecule has 0 heterocycles. The van der Waals surface area contributed by atoms with E-state index in [4.69, 9.17) is 0 Å². The van der Waals surface area contributed by atoms with Crippen LogP contribution in [0.1, 0.15) is 20.3 Å². The van der Waals surface area contributed by atoms with Gasteiger partial charge in [0.1, 0.15) is 46.4 Å². The second-order valence-corrected chi connectivity index (χ2v) is 22.1. The third-order valence-corrected chi connectivity index (χ3v) is 22.5. The van der Waals surface area contributed by atoms with Crippen molar-refractivity contribution >= 4 is 78.2 Å². The van der Waals surface area contributed by atoms with Gasteiger partial charge in [-0.15, -0.1) is 0 Å². The van der Waals surface area contributed by atoms with Crippen LogP contribution in [0.15, 0.2) is 206 Å². The molecule has 0 nitrogen and oxygen atoms in total. The lowest BCUT2D eigenvalue weighted by atomic mass is 10.2. The summed E-state index contributed by atoms with van der Waals surface area (Å²) in [5, 5.41) is 8.13. The number of alkyl halides is 2. The van der Waals surface area contributed by atoms with E-state index in [-0.39, 0.29) is 9.14 Å². The molecule has 234 valence electrons. The number of hydrogen-bond donors (Lipinski definition) is 0. The Morgan fingerprint density at radius 2 is 0.417 bits per heavy atom. The summed E-state index contributed by atoms with van der Waals surface area (Å²) in [6, 6.07) is 75.9. The summed E-state index contributed by atoms with van der Waals surface area (Å²) >= 11 is 8.75. The Morgan fingerprint density at radius 3 is 0.583 bits per heavy atom. The van der Waals surface area contributed by atoms with Crippen LogP contribution in [-0.2, 0) is 0 Å². The SMILES string of the molecule is BrC(c1ccc(C(Br)[P+](c2ccccc2)(c2ccccc2)c2ccccc2)cc1)[P+](c1ccccc1)(c1ccccc1)c1ccccc1. The van der Waals surface area contributed by atoms with Crippen molar-refractivity contribution in [2.24, 2.45) is 0 Å². The van der Waals surface area contributed by atoms with E-state index < -0.39 is 14.5 Å². The van der Waals surface area contributed by atoms with Crippen molar-refractivity contribution in [3.8, 4) is 0 Å². The highest BCUT2D eigenvalue weighted by Crippen LogP contribution is 2.71. The predicted octanol–water partition coefficient (Wildman–Crippen LogP) is 10.5.